The fraction of sp³-hybridized carbons (Fsp3) is 0.250. The Balaban J connectivity index is 1.37. The zero-order chi connectivity index (χ0) is 20.0. The molecule has 3 heterocycles. The number of β-lactam (4-membered cyclic amide) rings is 1. The molecule has 1 fully saturated rings. The molecule has 1 unspecified atom stereocenters. The number of oxazole rings is 1. The van der Waals surface area contributed by atoms with E-state index in [0.717, 1.165) is 4.90 Å². The zero-order valence-corrected chi connectivity index (χ0v) is 15.7. The highest BCUT2D eigenvalue weighted by Crippen LogP contribution is 2.41. The molecule has 2 aromatic rings. The number of carbonyl (C=O) groups is 3. The van der Waals surface area contributed by atoms with Gasteiger partial charge in [-0.25, -0.2) is 4.79 Å². The third-order valence-corrected chi connectivity index (χ3v) is 6.05. The van der Waals surface area contributed by atoms with Gasteiger partial charge in [0.05, 0.1) is 11.6 Å². The van der Waals surface area contributed by atoms with Crippen LogP contribution in [0.3, 0.4) is 0 Å². The number of hydrogen-bond donors (Lipinski definition) is 4. The van der Waals surface area contributed by atoms with Crippen molar-refractivity contribution in [2.45, 2.75) is 11.4 Å². The summed E-state index contributed by atoms with van der Waals surface area (Å²) in [5.41, 5.74) is 6.99. The third-order valence-electron chi connectivity index (χ3n) is 4.30. The molecule has 2 aliphatic rings. The minimum Gasteiger partial charge on any atom is -0.477 e. The Hall–Kier alpha value is -2.92. The Morgan fingerprint density at radius 1 is 1.46 bits per heavy atom. The monoisotopic (exact) mass is 423 g/mol. The molecule has 4 rings (SSSR count). The van der Waals surface area contributed by atoms with Crippen LogP contribution in [-0.2, 0) is 14.4 Å². The van der Waals surface area contributed by atoms with E-state index in [2.05, 4.69) is 15.6 Å². The number of carboxylic acids is 1. The number of rotatable bonds is 5. The predicted molar refractivity (Wildman–Crippen MR) is 102 cm³/mol. The molecule has 5 N–H and O–H groups in total. The number of aromatic nitrogens is 1. The van der Waals surface area contributed by atoms with Crippen molar-refractivity contribution < 1.29 is 23.9 Å². The van der Waals surface area contributed by atoms with E-state index in [-0.39, 0.29) is 29.0 Å². The quantitative estimate of drug-likeness (QED) is 0.510. The Labute approximate surface area is 167 Å². The highest BCUT2D eigenvalue weighted by atomic mass is 35.5. The molecule has 0 bridgehead atoms. The van der Waals surface area contributed by atoms with Crippen LogP contribution in [0.4, 0.5) is 11.7 Å². The van der Waals surface area contributed by atoms with Crippen LogP contribution in [0.15, 0.2) is 33.3 Å². The number of anilines is 2. The summed E-state index contributed by atoms with van der Waals surface area (Å²) in [6, 6.07) is 4.32. The number of fused-ring (bicyclic) bond motifs is 2. The average Bonchev–Trinajstić information content (AvgIpc) is 3.03. The molecule has 0 radical (unpaired) electrons. The minimum absolute atomic E-state index is 0.0535. The maximum Gasteiger partial charge on any atom is 0.353 e. The molecule has 2 atom stereocenters. The molecule has 1 saturated heterocycles. The fourth-order valence-electron chi connectivity index (χ4n) is 3.04. The predicted octanol–water partition coefficient (Wildman–Crippen LogP) is 0.757. The molecular weight excluding hydrogens is 410 g/mol. The fourth-order valence-corrected chi connectivity index (χ4v) is 4.59. The smallest absolute Gasteiger partial charge is 0.353 e. The van der Waals surface area contributed by atoms with Crippen LogP contribution in [0.25, 0.3) is 11.1 Å². The standard InChI is InChI=1S/C16H14ClN5O5S/c17-7-5-28-14-11(13(24)22(14)12(7)15(25)26)21-10(23)4-19-6-1-2-9-8(3-6)20-16(18)27-9/h1-3,11,14,19H,4-5H2,(H2,18,20)(H,21,23)(H,25,26)/t11?,14-/m0/s1. The number of nitrogens with two attached hydrogens (primary N) is 1. The minimum atomic E-state index is -1.26. The lowest BCUT2D eigenvalue weighted by Gasteiger charge is -2.48. The Bertz CT molecular complexity index is 1040. The molecular formula is C16H14ClN5O5S. The number of nitrogens with one attached hydrogen (secondary N) is 2. The van der Waals surface area contributed by atoms with Crippen LogP contribution in [0, 0.1) is 0 Å². The van der Waals surface area contributed by atoms with E-state index in [9.17, 15) is 19.5 Å². The number of hydrogen-bond acceptors (Lipinski definition) is 8. The van der Waals surface area contributed by atoms with Crippen LogP contribution in [0.1, 0.15) is 0 Å². The van der Waals surface area contributed by atoms with Crippen LogP contribution in [0.2, 0.25) is 0 Å². The number of carbonyl (C=O) groups excluding carboxylic acids is 2. The van der Waals surface area contributed by atoms with Crippen molar-refractivity contribution in [1.82, 2.24) is 15.2 Å². The molecule has 2 aliphatic heterocycles. The van der Waals surface area contributed by atoms with Gasteiger partial charge >= 0.3 is 5.97 Å². The summed E-state index contributed by atoms with van der Waals surface area (Å²) in [5.74, 6) is -1.90. The van der Waals surface area contributed by atoms with Crippen LogP contribution in [-0.4, -0.2) is 56.5 Å². The molecule has 12 heteroatoms. The lowest BCUT2D eigenvalue weighted by atomic mass is 10.1. The van der Waals surface area contributed by atoms with Gasteiger partial charge < -0.3 is 25.9 Å². The second kappa shape index (κ2) is 6.91. The van der Waals surface area contributed by atoms with E-state index in [0.29, 0.717) is 16.8 Å². The normalized spacial score (nSPS) is 21.3. The Morgan fingerprint density at radius 2 is 2.25 bits per heavy atom. The average molecular weight is 424 g/mol. The second-order valence-electron chi connectivity index (χ2n) is 6.10. The first-order chi connectivity index (χ1) is 13.3. The first-order valence-electron chi connectivity index (χ1n) is 8.11. The summed E-state index contributed by atoms with van der Waals surface area (Å²) in [5, 5.41) is 14.4. The lowest BCUT2D eigenvalue weighted by molar-refractivity contribution is -0.150. The summed E-state index contributed by atoms with van der Waals surface area (Å²) in [4.78, 5) is 41.0. The van der Waals surface area contributed by atoms with Gasteiger partial charge in [-0.1, -0.05) is 11.6 Å². The molecule has 1 aromatic heterocycles. The van der Waals surface area contributed by atoms with Gasteiger partial charge in [-0.05, 0) is 18.2 Å². The SMILES string of the molecule is Nc1nc2cc(NCC(=O)NC3C(=O)N4C(C(=O)O)=C(Cl)CS[C@@H]34)ccc2o1. The summed E-state index contributed by atoms with van der Waals surface area (Å²) >= 11 is 7.22. The largest absolute Gasteiger partial charge is 0.477 e. The number of thioether (sulfide) groups is 1. The van der Waals surface area contributed by atoms with Crippen molar-refractivity contribution >= 4 is 63.9 Å². The second-order valence-corrected chi connectivity index (χ2v) is 7.66. The maximum atomic E-state index is 12.3. The first kappa shape index (κ1) is 18.4. The van der Waals surface area contributed by atoms with Gasteiger partial charge in [0.2, 0.25) is 5.91 Å². The van der Waals surface area contributed by atoms with Crippen molar-refractivity contribution in [3.63, 3.8) is 0 Å². The Kier molecular flexibility index (Phi) is 4.55. The highest BCUT2D eigenvalue weighted by Gasteiger charge is 2.54. The molecule has 0 saturated carbocycles. The molecule has 0 spiro atoms. The van der Waals surface area contributed by atoms with E-state index in [1.165, 1.54) is 11.8 Å². The molecule has 2 amide bonds. The number of nitrogens with zero attached hydrogens (tertiary/aromatic N) is 2. The van der Waals surface area contributed by atoms with Crippen molar-refractivity contribution in [1.29, 1.82) is 0 Å². The van der Waals surface area contributed by atoms with Crippen LogP contribution in [0.5, 0.6) is 0 Å². The number of nitrogen functional groups attached to an aromatic ring is 1. The van der Waals surface area contributed by atoms with Gasteiger partial charge in [0.1, 0.15) is 22.6 Å². The lowest BCUT2D eigenvalue weighted by Crippen LogP contribution is -2.70. The Morgan fingerprint density at radius 3 is 3.00 bits per heavy atom. The van der Waals surface area contributed by atoms with Crippen molar-refractivity contribution in [3.05, 3.63) is 28.9 Å². The molecule has 1 aromatic carbocycles. The summed E-state index contributed by atoms with van der Waals surface area (Å²) in [7, 11) is 0. The van der Waals surface area contributed by atoms with Crippen molar-refractivity contribution in [2.75, 3.05) is 23.3 Å². The van der Waals surface area contributed by atoms with Gasteiger partial charge in [-0.15, -0.1) is 11.8 Å². The van der Waals surface area contributed by atoms with Gasteiger partial charge in [0.25, 0.3) is 11.9 Å². The topological polar surface area (TPSA) is 151 Å². The van der Waals surface area contributed by atoms with E-state index < -0.39 is 29.2 Å². The van der Waals surface area contributed by atoms with E-state index in [4.69, 9.17) is 21.8 Å². The van der Waals surface area contributed by atoms with Gasteiger partial charge in [-0.2, -0.15) is 4.98 Å². The van der Waals surface area contributed by atoms with E-state index >= 15 is 0 Å². The summed E-state index contributed by atoms with van der Waals surface area (Å²) in [6.45, 7) is -0.0810. The first-order valence-corrected chi connectivity index (χ1v) is 9.53. The van der Waals surface area contributed by atoms with E-state index in [1.807, 2.05) is 0 Å². The van der Waals surface area contributed by atoms with Crippen molar-refractivity contribution in [3.8, 4) is 0 Å². The molecule has 28 heavy (non-hydrogen) atoms. The number of halogens is 1. The third kappa shape index (κ3) is 3.12. The molecule has 146 valence electrons. The van der Waals surface area contributed by atoms with Crippen LogP contribution < -0.4 is 16.4 Å². The van der Waals surface area contributed by atoms with Crippen molar-refractivity contribution in [2.24, 2.45) is 0 Å². The van der Waals surface area contributed by atoms with Gasteiger partial charge in [-0.3, -0.25) is 14.5 Å². The van der Waals surface area contributed by atoms with Gasteiger partial charge in [0.15, 0.2) is 5.58 Å². The zero-order valence-electron chi connectivity index (χ0n) is 14.1. The molecule has 10 nitrogen and oxygen atoms in total. The number of carboxylic acid groups (broad SMARTS) is 1. The number of amides is 2. The highest BCUT2D eigenvalue weighted by molar-refractivity contribution is 8.00. The summed E-state index contributed by atoms with van der Waals surface area (Å²) < 4.78 is 5.18. The van der Waals surface area contributed by atoms with E-state index in [1.54, 1.807) is 18.2 Å². The molecule has 0 aliphatic carbocycles. The number of aliphatic carboxylic acids is 1. The number of benzene rings is 1. The van der Waals surface area contributed by atoms with Gasteiger partial charge in [0, 0.05) is 11.4 Å². The van der Waals surface area contributed by atoms with Crippen LogP contribution >= 0.6 is 23.4 Å². The summed E-state index contributed by atoms with van der Waals surface area (Å²) in [6.07, 6.45) is 0. The maximum absolute atomic E-state index is 12.3.